The maximum absolute atomic E-state index is 5.78. The predicted octanol–water partition coefficient (Wildman–Crippen LogP) is 2.08. The third-order valence-electron chi connectivity index (χ3n) is 1.23. The van der Waals surface area contributed by atoms with Gasteiger partial charge in [0.25, 0.3) is 0 Å². The summed E-state index contributed by atoms with van der Waals surface area (Å²) in [6.07, 6.45) is 1.53. The van der Waals surface area contributed by atoms with Crippen LogP contribution in [-0.4, -0.2) is 9.97 Å². The molecule has 1 atom stereocenters. The standard InChI is InChI=1S/C7H9ClN2/c1-5-3-7(6(2)8)10-4-9-5/h3-4,6H,1-2H3. The van der Waals surface area contributed by atoms with Crippen molar-refractivity contribution in [2.24, 2.45) is 0 Å². The van der Waals surface area contributed by atoms with Gasteiger partial charge in [0.05, 0.1) is 11.1 Å². The number of aryl methyl sites for hydroxylation is 1. The zero-order valence-corrected chi connectivity index (χ0v) is 6.76. The molecule has 1 aromatic rings. The molecule has 1 unspecified atom stereocenters. The molecule has 0 saturated heterocycles. The zero-order chi connectivity index (χ0) is 7.56. The average Bonchev–Trinajstić information content (AvgIpc) is 1.88. The second kappa shape index (κ2) is 2.97. The van der Waals surface area contributed by atoms with Crippen molar-refractivity contribution in [2.45, 2.75) is 19.2 Å². The van der Waals surface area contributed by atoms with Gasteiger partial charge in [-0.05, 0) is 19.9 Å². The highest BCUT2D eigenvalue weighted by atomic mass is 35.5. The van der Waals surface area contributed by atoms with E-state index in [0.717, 1.165) is 11.4 Å². The summed E-state index contributed by atoms with van der Waals surface area (Å²) >= 11 is 5.78. The van der Waals surface area contributed by atoms with Crippen molar-refractivity contribution < 1.29 is 0 Å². The van der Waals surface area contributed by atoms with E-state index in [9.17, 15) is 0 Å². The van der Waals surface area contributed by atoms with Crippen molar-refractivity contribution in [1.82, 2.24) is 9.97 Å². The van der Waals surface area contributed by atoms with E-state index in [1.54, 1.807) is 0 Å². The fourth-order valence-electron chi connectivity index (χ4n) is 0.693. The van der Waals surface area contributed by atoms with Crippen molar-refractivity contribution in [2.75, 3.05) is 0 Å². The first-order chi connectivity index (χ1) is 4.70. The van der Waals surface area contributed by atoms with Crippen molar-refractivity contribution >= 4 is 11.6 Å². The molecule has 54 valence electrons. The van der Waals surface area contributed by atoms with Crippen LogP contribution in [0.15, 0.2) is 12.4 Å². The maximum atomic E-state index is 5.78. The lowest BCUT2D eigenvalue weighted by atomic mass is 10.3. The third-order valence-corrected chi connectivity index (χ3v) is 1.46. The van der Waals surface area contributed by atoms with Gasteiger partial charge in [0, 0.05) is 5.69 Å². The molecule has 1 rings (SSSR count). The number of nitrogens with zero attached hydrogens (tertiary/aromatic N) is 2. The summed E-state index contributed by atoms with van der Waals surface area (Å²) in [6.45, 7) is 3.81. The fraction of sp³-hybridized carbons (Fsp3) is 0.429. The van der Waals surface area contributed by atoms with Crippen molar-refractivity contribution in [1.29, 1.82) is 0 Å². The molecule has 0 amide bonds. The molecule has 0 aliphatic carbocycles. The van der Waals surface area contributed by atoms with Gasteiger partial charge in [-0.15, -0.1) is 11.6 Å². The number of aromatic nitrogens is 2. The van der Waals surface area contributed by atoms with Crippen molar-refractivity contribution in [3.63, 3.8) is 0 Å². The van der Waals surface area contributed by atoms with Gasteiger partial charge in [0.1, 0.15) is 6.33 Å². The van der Waals surface area contributed by atoms with Crippen LogP contribution in [0.4, 0.5) is 0 Å². The molecule has 0 aliphatic rings. The van der Waals surface area contributed by atoms with Gasteiger partial charge < -0.3 is 0 Å². The first-order valence-electron chi connectivity index (χ1n) is 3.13. The molecule has 0 aromatic carbocycles. The molecule has 0 aliphatic heterocycles. The molecule has 0 N–H and O–H groups in total. The minimum Gasteiger partial charge on any atom is -0.242 e. The van der Waals surface area contributed by atoms with Crippen LogP contribution in [0.5, 0.6) is 0 Å². The van der Waals surface area contributed by atoms with Crippen molar-refractivity contribution in [3.8, 4) is 0 Å². The molecule has 3 heteroatoms. The van der Waals surface area contributed by atoms with Gasteiger partial charge in [-0.1, -0.05) is 0 Å². The third kappa shape index (κ3) is 1.67. The monoisotopic (exact) mass is 156 g/mol. The van der Waals surface area contributed by atoms with E-state index in [-0.39, 0.29) is 5.38 Å². The normalized spacial score (nSPS) is 13.1. The highest BCUT2D eigenvalue weighted by Crippen LogP contribution is 2.15. The lowest BCUT2D eigenvalue weighted by Gasteiger charge is -2.00. The minimum atomic E-state index is -0.0262. The molecular weight excluding hydrogens is 148 g/mol. The first kappa shape index (κ1) is 7.48. The van der Waals surface area contributed by atoms with Crippen LogP contribution in [0.1, 0.15) is 23.7 Å². The molecule has 10 heavy (non-hydrogen) atoms. The molecule has 1 aromatic heterocycles. The van der Waals surface area contributed by atoms with E-state index >= 15 is 0 Å². The summed E-state index contributed by atoms with van der Waals surface area (Å²) in [7, 11) is 0. The summed E-state index contributed by atoms with van der Waals surface area (Å²) in [5, 5.41) is -0.0262. The van der Waals surface area contributed by atoms with E-state index in [0.29, 0.717) is 0 Å². The van der Waals surface area contributed by atoms with E-state index in [2.05, 4.69) is 9.97 Å². The number of hydrogen-bond acceptors (Lipinski definition) is 2. The summed E-state index contributed by atoms with van der Waals surface area (Å²) in [5.41, 5.74) is 1.84. The summed E-state index contributed by atoms with van der Waals surface area (Å²) in [6, 6.07) is 1.89. The Labute approximate surface area is 65.3 Å². The van der Waals surface area contributed by atoms with E-state index in [1.165, 1.54) is 6.33 Å². The SMILES string of the molecule is Cc1cc(C(C)Cl)ncn1. The lowest BCUT2D eigenvalue weighted by molar-refractivity contribution is 0.949. The van der Waals surface area contributed by atoms with Gasteiger partial charge in [-0.25, -0.2) is 9.97 Å². The molecule has 0 fully saturated rings. The second-order valence-electron chi connectivity index (χ2n) is 2.20. The highest BCUT2D eigenvalue weighted by molar-refractivity contribution is 6.20. The first-order valence-corrected chi connectivity index (χ1v) is 3.56. The fourth-order valence-corrected chi connectivity index (χ4v) is 0.812. The lowest BCUT2D eigenvalue weighted by Crippen LogP contribution is -1.92. The van der Waals surface area contributed by atoms with Gasteiger partial charge >= 0.3 is 0 Å². The van der Waals surface area contributed by atoms with E-state index in [1.807, 2.05) is 19.9 Å². The van der Waals surface area contributed by atoms with Crippen LogP contribution in [0.3, 0.4) is 0 Å². The van der Waals surface area contributed by atoms with Crippen LogP contribution in [-0.2, 0) is 0 Å². The Hall–Kier alpha value is -0.630. The molecule has 0 saturated carbocycles. The molecule has 2 nitrogen and oxygen atoms in total. The van der Waals surface area contributed by atoms with Gasteiger partial charge in [0.15, 0.2) is 0 Å². The largest absolute Gasteiger partial charge is 0.242 e. The van der Waals surface area contributed by atoms with Crippen LogP contribution in [0.25, 0.3) is 0 Å². The average molecular weight is 157 g/mol. The Kier molecular flexibility index (Phi) is 2.22. The number of hydrogen-bond donors (Lipinski definition) is 0. The van der Waals surface area contributed by atoms with Gasteiger partial charge in [-0.3, -0.25) is 0 Å². The van der Waals surface area contributed by atoms with E-state index in [4.69, 9.17) is 11.6 Å². The smallest absolute Gasteiger partial charge is 0.115 e. The van der Waals surface area contributed by atoms with Crippen LogP contribution in [0.2, 0.25) is 0 Å². The quantitative estimate of drug-likeness (QED) is 0.582. The van der Waals surface area contributed by atoms with Crippen LogP contribution < -0.4 is 0 Å². The summed E-state index contributed by atoms with van der Waals surface area (Å²) in [5.74, 6) is 0. The van der Waals surface area contributed by atoms with Gasteiger partial charge in [0.2, 0.25) is 0 Å². The zero-order valence-electron chi connectivity index (χ0n) is 6.00. The van der Waals surface area contributed by atoms with Gasteiger partial charge in [-0.2, -0.15) is 0 Å². The van der Waals surface area contributed by atoms with E-state index < -0.39 is 0 Å². The van der Waals surface area contributed by atoms with Crippen LogP contribution in [0, 0.1) is 6.92 Å². The highest BCUT2D eigenvalue weighted by Gasteiger charge is 2.01. The summed E-state index contributed by atoms with van der Waals surface area (Å²) in [4.78, 5) is 7.95. The van der Waals surface area contributed by atoms with Crippen molar-refractivity contribution in [3.05, 3.63) is 23.8 Å². The Morgan fingerprint density at radius 1 is 1.50 bits per heavy atom. The predicted molar refractivity (Wildman–Crippen MR) is 41.0 cm³/mol. The number of alkyl halides is 1. The second-order valence-corrected chi connectivity index (χ2v) is 2.85. The Morgan fingerprint density at radius 3 is 2.60 bits per heavy atom. The minimum absolute atomic E-state index is 0.0262. The molecule has 0 spiro atoms. The Morgan fingerprint density at radius 2 is 2.20 bits per heavy atom. The summed E-state index contributed by atoms with van der Waals surface area (Å²) < 4.78 is 0. The maximum Gasteiger partial charge on any atom is 0.115 e. The topological polar surface area (TPSA) is 25.8 Å². The molecular formula is C7H9ClN2. The Bertz CT molecular complexity index is 223. The molecule has 0 radical (unpaired) electrons. The molecule has 1 heterocycles. The number of rotatable bonds is 1. The Balaban J connectivity index is 2.96. The molecule has 0 bridgehead atoms. The number of halogens is 1. The van der Waals surface area contributed by atoms with Crippen LogP contribution >= 0.6 is 11.6 Å².